The van der Waals surface area contributed by atoms with Crippen LogP contribution in [0.25, 0.3) is 0 Å². The number of hydrogen-bond acceptors (Lipinski definition) is 4. The summed E-state index contributed by atoms with van der Waals surface area (Å²) in [5, 5.41) is 13.3. The molecule has 0 bridgehead atoms. The maximum absolute atomic E-state index is 9.51. The number of rotatable bonds is 3. The number of aromatic hydroxyl groups is 1. The van der Waals surface area contributed by atoms with Crippen molar-refractivity contribution >= 4 is 0 Å². The molecule has 0 aliphatic carbocycles. The monoisotopic (exact) mass is 219 g/mol. The zero-order chi connectivity index (χ0) is 11.5. The first kappa shape index (κ1) is 10.5. The van der Waals surface area contributed by atoms with Crippen molar-refractivity contribution in [1.82, 2.24) is 5.16 Å². The Morgan fingerprint density at radius 3 is 2.69 bits per heavy atom. The highest BCUT2D eigenvalue weighted by Gasteiger charge is 2.10. The van der Waals surface area contributed by atoms with Crippen LogP contribution < -0.4 is 4.74 Å². The molecule has 16 heavy (non-hydrogen) atoms. The van der Waals surface area contributed by atoms with Gasteiger partial charge in [-0.1, -0.05) is 17.3 Å². The van der Waals surface area contributed by atoms with Crippen molar-refractivity contribution in [2.24, 2.45) is 0 Å². The second-order valence-electron chi connectivity index (χ2n) is 3.56. The van der Waals surface area contributed by atoms with Gasteiger partial charge >= 0.3 is 0 Å². The number of aryl methyl sites for hydroxylation is 2. The Balaban J connectivity index is 2.11. The van der Waals surface area contributed by atoms with Crippen LogP contribution in [-0.2, 0) is 6.61 Å². The van der Waals surface area contributed by atoms with Crippen LogP contribution in [0.2, 0.25) is 0 Å². The van der Waals surface area contributed by atoms with Crippen molar-refractivity contribution in [1.29, 1.82) is 0 Å². The number of phenols is 1. The summed E-state index contributed by atoms with van der Waals surface area (Å²) >= 11 is 0. The summed E-state index contributed by atoms with van der Waals surface area (Å²) in [6, 6.07) is 6.86. The predicted octanol–water partition coefficient (Wildman–Crippen LogP) is 2.58. The summed E-state index contributed by atoms with van der Waals surface area (Å²) in [6.07, 6.45) is 0. The van der Waals surface area contributed by atoms with Gasteiger partial charge in [-0.25, -0.2) is 0 Å². The van der Waals surface area contributed by atoms with Gasteiger partial charge in [0.05, 0.1) is 11.3 Å². The van der Waals surface area contributed by atoms with Crippen LogP contribution in [-0.4, -0.2) is 10.3 Å². The van der Waals surface area contributed by atoms with Crippen molar-refractivity contribution in [3.05, 3.63) is 41.3 Å². The first-order chi connectivity index (χ1) is 7.68. The van der Waals surface area contributed by atoms with E-state index in [0.29, 0.717) is 12.4 Å². The van der Waals surface area contributed by atoms with Crippen LogP contribution >= 0.6 is 0 Å². The van der Waals surface area contributed by atoms with Crippen molar-refractivity contribution < 1.29 is 14.4 Å². The lowest BCUT2D eigenvalue weighted by molar-refractivity contribution is 0.285. The van der Waals surface area contributed by atoms with E-state index in [-0.39, 0.29) is 5.75 Å². The molecule has 2 rings (SSSR count). The Labute approximate surface area is 93.5 Å². The van der Waals surface area contributed by atoms with E-state index in [1.807, 2.05) is 19.9 Å². The maximum atomic E-state index is 9.51. The van der Waals surface area contributed by atoms with Gasteiger partial charge in [0.1, 0.15) is 12.4 Å². The molecule has 0 fully saturated rings. The van der Waals surface area contributed by atoms with Crippen LogP contribution in [0.3, 0.4) is 0 Å². The van der Waals surface area contributed by atoms with Crippen LogP contribution in [0.5, 0.6) is 11.5 Å². The lowest BCUT2D eigenvalue weighted by Crippen LogP contribution is -1.97. The zero-order valence-corrected chi connectivity index (χ0v) is 9.23. The van der Waals surface area contributed by atoms with E-state index in [1.165, 1.54) is 0 Å². The third kappa shape index (κ3) is 2.00. The molecule has 4 nitrogen and oxygen atoms in total. The van der Waals surface area contributed by atoms with E-state index in [9.17, 15) is 5.11 Å². The molecule has 0 saturated heterocycles. The molecular weight excluding hydrogens is 206 g/mol. The number of phenolic OH excluding ortho intramolecular Hbond substituents is 1. The van der Waals surface area contributed by atoms with Gasteiger partial charge in [-0.15, -0.1) is 0 Å². The Kier molecular flexibility index (Phi) is 2.81. The van der Waals surface area contributed by atoms with E-state index in [1.54, 1.807) is 18.2 Å². The number of benzene rings is 1. The normalized spacial score (nSPS) is 10.4. The van der Waals surface area contributed by atoms with E-state index in [0.717, 1.165) is 17.0 Å². The van der Waals surface area contributed by atoms with Crippen LogP contribution in [0.1, 0.15) is 17.0 Å². The van der Waals surface area contributed by atoms with Crippen molar-refractivity contribution in [3.8, 4) is 11.5 Å². The fourth-order valence-corrected chi connectivity index (χ4v) is 1.44. The van der Waals surface area contributed by atoms with Gasteiger partial charge in [-0.05, 0) is 26.0 Å². The Morgan fingerprint density at radius 2 is 2.06 bits per heavy atom. The summed E-state index contributed by atoms with van der Waals surface area (Å²) in [7, 11) is 0. The Hall–Kier alpha value is -1.97. The lowest BCUT2D eigenvalue weighted by atomic mass is 10.2. The van der Waals surface area contributed by atoms with Crippen molar-refractivity contribution in [2.45, 2.75) is 20.5 Å². The van der Waals surface area contributed by atoms with Gasteiger partial charge in [0, 0.05) is 0 Å². The number of aromatic nitrogens is 1. The second-order valence-corrected chi connectivity index (χ2v) is 3.56. The average molecular weight is 219 g/mol. The molecule has 2 aromatic rings. The van der Waals surface area contributed by atoms with Gasteiger partial charge in [-0.3, -0.25) is 0 Å². The molecule has 0 atom stereocenters. The molecule has 4 heteroatoms. The molecule has 0 aliphatic rings. The molecule has 0 radical (unpaired) electrons. The molecule has 0 unspecified atom stereocenters. The van der Waals surface area contributed by atoms with Crippen LogP contribution in [0.15, 0.2) is 28.8 Å². The van der Waals surface area contributed by atoms with Gasteiger partial charge in [-0.2, -0.15) is 0 Å². The van der Waals surface area contributed by atoms with E-state index in [2.05, 4.69) is 5.16 Å². The second kappa shape index (κ2) is 4.26. The molecule has 0 amide bonds. The molecule has 0 spiro atoms. The minimum Gasteiger partial charge on any atom is -0.504 e. The number of hydrogen-bond donors (Lipinski definition) is 1. The quantitative estimate of drug-likeness (QED) is 0.862. The van der Waals surface area contributed by atoms with Crippen molar-refractivity contribution in [3.63, 3.8) is 0 Å². The molecular formula is C12H13NO3. The standard InChI is InChI=1S/C12H13NO3/c1-8-10(9(2)16-13-8)7-15-12-6-4-3-5-11(12)14/h3-6,14H,7H2,1-2H3. The van der Waals surface area contributed by atoms with E-state index < -0.39 is 0 Å². The minimum atomic E-state index is 0.134. The highest BCUT2D eigenvalue weighted by atomic mass is 16.5. The van der Waals surface area contributed by atoms with Gasteiger partial charge < -0.3 is 14.4 Å². The first-order valence-corrected chi connectivity index (χ1v) is 5.01. The molecule has 1 N–H and O–H groups in total. The van der Waals surface area contributed by atoms with Crippen LogP contribution in [0, 0.1) is 13.8 Å². The maximum Gasteiger partial charge on any atom is 0.161 e. The summed E-state index contributed by atoms with van der Waals surface area (Å²) < 4.78 is 10.5. The fraction of sp³-hybridized carbons (Fsp3) is 0.250. The summed E-state index contributed by atoms with van der Waals surface area (Å²) in [4.78, 5) is 0. The largest absolute Gasteiger partial charge is 0.504 e. The zero-order valence-electron chi connectivity index (χ0n) is 9.23. The van der Waals surface area contributed by atoms with Gasteiger partial charge in [0.15, 0.2) is 11.5 Å². The summed E-state index contributed by atoms with van der Waals surface area (Å²) in [6.45, 7) is 4.04. The Bertz CT molecular complexity index is 471. The molecule has 1 heterocycles. The van der Waals surface area contributed by atoms with Crippen molar-refractivity contribution in [2.75, 3.05) is 0 Å². The summed E-state index contributed by atoms with van der Waals surface area (Å²) in [5.41, 5.74) is 1.73. The Morgan fingerprint density at radius 1 is 1.31 bits per heavy atom. The molecule has 0 aliphatic heterocycles. The highest BCUT2D eigenvalue weighted by molar-refractivity contribution is 5.38. The average Bonchev–Trinajstić information content (AvgIpc) is 2.58. The third-order valence-corrected chi connectivity index (χ3v) is 2.42. The molecule has 0 saturated carbocycles. The number of para-hydroxylation sites is 2. The highest BCUT2D eigenvalue weighted by Crippen LogP contribution is 2.26. The molecule has 1 aromatic carbocycles. The van der Waals surface area contributed by atoms with Crippen LogP contribution in [0.4, 0.5) is 0 Å². The minimum absolute atomic E-state index is 0.134. The summed E-state index contributed by atoms with van der Waals surface area (Å²) in [5.74, 6) is 1.34. The van der Waals surface area contributed by atoms with Gasteiger partial charge in [0.2, 0.25) is 0 Å². The smallest absolute Gasteiger partial charge is 0.161 e. The van der Waals surface area contributed by atoms with E-state index >= 15 is 0 Å². The SMILES string of the molecule is Cc1noc(C)c1COc1ccccc1O. The molecule has 1 aromatic heterocycles. The van der Waals surface area contributed by atoms with E-state index in [4.69, 9.17) is 9.26 Å². The predicted molar refractivity (Wildman–Crippen MR) is 58.4 cm³/mol. The lowest BCUT2D eigenvalue weighted by Gasteiger charge is -2.06. The van der Waals surface area contributed by atoms with Gasteiger partial charge in [0.25, 0.3) is 0 Å². The number of nitrogens with zero attached hydrogens (tertiary/aromatic N) is 1. The first-order valence-electron chi connectivity index (χ1n) is 5.01. The number of ether oxygens (including phenoxy) is 1. The third-order valence-electron chi connectivity index (χ3n) is 2.42. The molecule has 84 valence electrons. The topological polar surface area (TPSA) is 55.5 Å². The fourth-order valence-electron chi connectivity index (χ4n) is 1.44.